The minimum absolute atomic E-state index is 0.351. The predicted molar refractivity (Wildman–Crippen MR) is 62.6 cm³/mol. The molecule has 0 aliphatic carbocycles. The lowest BCUT2D eigenvalue weighted by Crippen LogP contribution is -2.34. The highest BCUT2D eigenvalue weighted by Gasteiger charge is 2.31. The molecule has 0 amide bonds. The van der Waals surface area contributed by atoms with Crippen molar-refractivity contribution in [1.82, 2.24) is 10.2 Å². The van der Waals surface area contributed by atoms with Gasteiger partial charge < -0.3 is 10.2 Å². The number of hydrogen-bond acceptors (Lipinski definition) is 2. The second-order valence-corrected chi connectivity index (χ2v) is 5.31. The average molecular weight is 198 g/mol. The van der Waals surface area contributed by atoms with E-state index in [1.54, 1.807) is 0 Å². The van der Waals surface area contributed by atoms with Gasteiger partial charge in [0, 0.05) is 18.1 Å². The largest absolute Gasteiger partial charge is 0.310 e. The monoisotopic (exact) mass is 198 g/mol. The Bertz CT molecular complexity index is 166. The van der Waals surface area contributed by atoms with E-state index in [0.29, 0.717) is 5.54 Å². The van der Waals surface area contributed by atoms with Gasteiger partial charge in [-0.05, 0) is 40.3 Å². The summed E-state index contributed by atoms with van der Waals surface area (Å²) < 4.78 is 0. The van der Waals surface area contributed by atoms with Crippen LogP contribution in [-0.4, -0.2) is 36.6 Å². The van der Waals surface area contributed by atoms with Gasteiger partial charge in [0.05, 0.1) is 0 Å². The smallest absolute Gasteiger partial charge is 0.0235 e. The maximum Gasteiger partial charge on any atom is 0.0235 e. The number of nitrogens with zero attached hydrogens (tertiary/aromatic N) is 1. The molecule has 14 heavy (non-hydrogen) atoms. The summed E-state index contributed by atoms with van der Waals surface area (Å²) in [5.74, 6) is 0. The fourth-order valence-electron chi connectivity index (χ4n) is 2.23. The Morgan fingerprint density at radius 3 is 2.57 bits per heavy atom. The van der Waals surface area contributed by atoms with E-state index in [0.717, 1.165) is 12.6 Å². The highest BCUT2D eigenvalue weighted by Crippen LogP contribution is 2.21. The normalized spacial score (nSPS) is 25.9. The van der Waals surface area contributed by atoms with Crippen LogP contribution in [0.2, 0.25) is 0 Å². The van der Waals surface area contributed by atoms with Crippen molar-refractivity contribution in [2.45, 2.75) is 58.0 Å². The number of rotatable bonds is 5. The molecule has 0 spiro atoms. The van der Waals surface area contributed by atoms with Crippen LogP contribution in [0.5, 0.6) is 0 Å². The van der Waals surface area contributed by atoms with Crippen molar-refractivity contribution in [3.8, 4) is 0 Å². The van der Waals surface area contributed by atoms with E-state index < -0.39 is 0 Å². The van der Waals surface area contributed by atoms with Crippen molar-refractivity contribution in [2.75, 3.05) is 20.1 Å². The lowest BCUT2D eigenvalue weighted by Gasteiger charge is -2.24. The lowest BCUT2D eigenvalue weighted by molar-refractivity contribution is 0.243. The third-order valence-electron chi connectivity index (χ3n) is 3.30. The topological polar surface area (TPSA) is 15.3 Å². The molecule has 1 fully saturated rings. The Hall–Kier alpha value is -0.0800. The third-order valence-corrected chi connectivity index (χ3v) is 3.30. The van der Waals surface area contributed by atoms with Crippen LogP contribution in [0.1, 0.15) is 46.5 Å². The van der Waals surface area contributed by atoms with Gasteiger partial charge >= 0.3 is 0 Å². The minimum atomic E-state index is 0.351. The molecule has 0 radical (unpaired) electrons. The van der Waals surface area contributed by atoms with Crippen LogP contribution in [0.3, 0.4) is 0 Å². The van der Waals surface area contributed by atoms with Crippen LogP contribution in [0, 0.1) is 0 Å². The number of hydrogen-bond donors (Lipinski definition) is 1. The van der Waals surface area contributed by atoms with Gasteiger partial charge in [0.1, 0.15) is 0 Å². The van der Waals surface area contributed by atoms with Gasteiger partial charge in [-0.1, -0.05) is 19.8 Å². The first kappa shape index (κ1) is 12.0. The SMILES string of the molecule is CCCCCN(C)C1CNC(C)(C)C1. The van der Waals surface area contributed by atoms with E-state index in [2.05, 4.69) is 38.0 Å². The van der Waals surface area contributed by atoms with Crippen LogP contribution in [0.15, 0.2) is 0 Å². The second kappa shape index (κ2) is 5.13. The van der Waals surface area contributed by atoms with E-state index in [9.17, 15) is 0 Å². The molecule has 0 bridgehead atoms. The van der Waals surface area contributed by atoms with Crippen LogP contribution in [0.25, 0.3) is 0 Å². The van der Waals surface area contributed by atoms with E-state index in [1.807, 2.05) is 0 Å². The van der Waals surface area contributed by atoms with Crippen LogP contribution >= 0.6 is 0 Å². The average Bonchev–Trinajstić information content (AvgIpc) is 2.46. The molecule has 0 aromatic rings. The molecule has 1 N–H and O–H groups in total. The van der Waals surface area contributed by atoms with Crippen molar-refractivity contribution < 1.29 is 0 Å². The van der Waals surface area contributed by atoms with Gasteiger partial charge in [0.2, 0.25) is 0 Å². The van der Waals surface area contributed by atoms with Crippen LogP contribution in [0.4, 0.5) is 0 Å². The molecule has 2 heteroatoms. The fraction of sp³-hybridized carbons (Fsp3) is 1.00. The number of nitrogens with one attached hydrogen (secondary N) is 1. The molecule has 0 saturated carbocycles. The molecule has 1 heterocycles. The third kappa shape index (κ3) is 3.58. The molecule has 1 unspecified atom stereocenters. The summed E-state index contributed by atoms with van der Waals surface area (Å²) in [5.41, 5.74) is 0.351. The molecule has 1 atom stereocenters. The van der Waals surface area contributed by atoms with Gasteiger partial charge in [-0.2, -0.15) is 0 Å². The molecular formula is C12H26N2. The van der Waals surface area contributed by atoms with E-state index in [1.165, 1.54) is 32.2 Å². The molecule has 0 aromatic heterocycles. The van der Waals surface area contributed by atoms with Crippen molar-refractivity contribution in [1.29, 1.82) is 0 Å². The van der Waals surface area contributed by atoms with E-state index >= 15 is 0 Å². The van der Waals surface area contributed by atoms with Crippen molar-refractivity contribution in [2.24, 2.45) is 0 Å². The lowest BCUT2D eigenvalue weighted by atomic mass is 10.0. The molecule has 1 saturated heterocycles. The minimum Gasteiger partial charge on any atom is -0.310 e. The van der Waals surface area contributed by atoms with Gasteiger partial charge in [0.15, 0.2) is 0 Å². The molecule has 84 valence electrons. The Morgan fingerprint density at radius 2 is 2.07 bits per heavy atom. The van der Waals surface area contributed by atoms with Gasteiger partial charge in [-0.15, -0.1) is 0 Å². The van der Waals surface area contributed by atoms with Gasteiger partial charge in [0.25, 0.3) is 0 Å². The van der Waals surface area contributed by atoms with Crippen LogP contribution in [-0.2, 0) is 0 Å². The summed E-state index contributed by atoms with van der Waals surface area (Å²) in [7, 11) is 2.27. The second-order valence-electron chi connectivity index (χ2n) is 5.31. The molecule has 2 nitrogen and oxygen atoms in total. The van der Waals surface area contributed by atoms with Crippen molar-refractivity contribution >= 4 is 0 Å². The summed E-state index contributed by atoms with van der Waals surface area (Å²) in [6, 6.07) is 0.752. The number of likely N-dealkylation sites (N-methyl/N-ethyl adjacent to an activating group) is 1. The van der Waals surface area contributed by atoms with E-state index in [4.69, 9.17) is 0 Å². The van der Waals surface area contributed by atoms with Gasteiger partial charge in [-0.3, -0.25) is 0 Å². The maximum atomic E-state index is 3.58. The van der Waals surface area contributed by atoms with Gasteiger partial charge in [-0.25, -0.2) is 0 Å². The van der Waals surface area contributed by atoms with Crippen molar-refractivity contribution in [3.63, 3.8) is 0 Å². The first-order valence-corrected chi connectivity index (χ1v) is 6.00. The fourth-order valence-corrected chi connectivity index (χ4v) is 2.23. The molecule has 1 aliphatic rings. The van der Waals surface area contributed by atoms with Crippen LogP contribution < -0.4 is 5.32 Å². The summed E-state index contributed by atoms with van der Waals surface area (Å²) in [4.78, 5) is 2.53. The summed E-state index contributed by atoms with van der Waals surface area (Å²) in [6.07, 6.45) is 5.33. The quantitative estimate of drug-likeness (QED) is 0.682. The molecule has 1 aliphatic heterocycles. The standard InChI is InChI=1S/C12H26N2/c1-5-6-7-8-14(4)11-9-12(2,3)13-10-11/h11,13H,5-10H2,1-4H3. The number of unbranched alkanes of at least 4 members (excludes halogenated alkanes) is 2. The summed E-state index contributed by atoms with van der Waals surface area (Å²) in [6.45, 7) is 9.28. The Kier molecular flexibility index (Phi) is 4.39. The highest BCUT2D eigenvalue weighted by molar-refractivity contribution is 4.93. The first-order chi connectivity index (χ1) is 6.55. The Balaban J connectivity index is 2.22. The first-order valence-electron chi connectivity index (χ1n) is 6.00. The summed E-state index contributed by atoms with van der Waals surface area (Å²) >= 11 is 0. The van der Waals surface area contributed by atoms with Crippen molar-refractivity contribution in [3.05, 3.63) is 0 Å². The zero-order valence-corrected chi connectivity index (χ0v) is 10.3. The zero-order chi connectivity index (χ0) is 10.6. The molecule has 0 aromatic carbocycles. The van der Waals surface area contributed by atoms with E-state index in [-0.39, 0.29) is 0 Å². The maximum absolute atomic E-state index is 3.58. The predicted octanol–water partition coefficient (Wildman–Crippen LogP) is 2.25. The highest BCUT2D eigenvalue weighted by atomic mass is 15.2. The zero-order valence-electron chi connectivity index (χ0n) is 10.3. The summed E-state index contributed by atoms with van der Waals surface area (Å²) in [5, 5.41) is 3.58. The Labute approximate surface area is 89.1 Å². The molecule has 1 rings (SSSR count). The molecular weight excluding hydrogens is 172 g/mol. The Morgan fingerprint density at radius 1 is 1.36 bits per heavy atom.